The van der Waals surface area contributed by atoms with Crippen LogP contribution in [0.1, 0.15) is 10.4 Å². The lowest BCUT2D eigenvalue weighted by molar-refractivity contribution is 0.0697. The molecule has 0 fully saturated rings. The molecule has 0 atom stereocenters. The topological polar surface area (TPSA) is 305 Å². The first-order valence-electron chi connectivity index (χ1n) is 11.7. The van der Waals surface area contributed by atoms with Crippen LogP contribution in [0.4, 0.5) is 28.4 Å². The van der Waals surface area contributed by atoms with Crippen LogP contribution in [0.5, 0.6) is 11.5 Å². The minimum absolute atomic E-state index is 0.145. The number of nitrogens with zero attached hydrogens (tertiary/aromatic N) is 4. The molecule has 0 aliphatic carbocycles. The SMILES string of the molecule is COc1cc(S(=O)(=O)O)ccc1N=Nc1c(S(=O)(=O)O)cc2c(N=Nc3ccc(S(=O)(=O)O)cc3C(=O)O)c(N)ccc2c1O. The van der Waals surface area contributed by atoms with Crippen molar-refractivity contribution in [2.75, 3.05) is 12.8 Å². The molecule has 0 unspecified atom stereocenters. The highest BCUT2D eigenvalue weighted by atomic mass is 32.2. The van der Waals surface area contributed by atoms with E-state index < -0.39 is 73.7 Å². The highest BCUT2D eigenvalue weighted by Gasteiger charge is 2.25. The van der Waals surface area contributed by atoms with Crippen molar-refractivity contribution in [3.63, 3.8) is 0 Å². The third-order valence-electron chi connectivity index (χ3n) is 5.98. The first kappa shape index (κ1) is 32.8. The van der Waals surface area contributed by atoms with Gasteiger partial charge >= 0.3 is 5.97 Å². The lowest BCUT2D eigenvalue weighted by Crippen LogP contribution is -2.02. The van der Waals surface area contributed by atoms with E-state index in [2.05, 4.69) is 20.5 Å². The number of anilines is 1. The van der Waals surface area contributed by atoms with Gasteiger partial charge in [0.15, 0.2) is 5.75 Å². The molecule has 0 spiro atoms. The Labute approximate surface area is 253 Å². The van der Waals surface area contributed by atoms with Gasteiger partial charge < -0.3 is 20.7 Å². The molecule has 0 saturated heterocycles. The Kier molecular flexibility index (Phi) is 8.61. The van der Waals surface area contributed by atoms with Gasteiger partial charge in [0.25, 0.3) is 30.4 Å². The normalized spacial score (nSPS) is 12.7. The van der Waals surface area contributed by atoms with Crippen molar-refractivity contribution < 1.29 is 58.7 Å². The first-order chi connectivity index (χ1) is 20.8. The Morgan fingerprint density at radius 1 is 0.711 bits per heavy atom. The van der Waals surface area contributed by atoms with Crippen LogP contribution in [0.3, 0.4) is 0 Å². The van der Waals surface area contributed by atoms with E-state index in [1.54, 1.807) is 0 Å². The quantitative estimate of drug-likeness (QED) is 0.0810. The number of phenols is 1. The van der Waals surface area contributed by atoms with Crippen LogP contribution < -0.4 is 10.5 Å². The number of carboxylic acids is 1. The maximum atomic E-state index is 12.4. The molecule has 0 bridgehead atoms. The average Bonchev–Trinajstić information content (AvgIpc) is 2.94. The summed E-state index contributed by atoms with van der Waals surface area (Å²) in [5.41, 5.74) is 3.50. The van der Waals surface area contributed by atoms with Gasteiger partial charge in [-0.1, -0.05) is 0 Å². The first-order valence-corrected chi connectivity index (χ1v) is 16.0. The Balaban J connectivity index is 1.91. The second kappa shape index (κ2) is 11.8. The van der Waals surface area contributed by atoms with Crippen LogP contribution >= 0.6 is 0 Å². The number of nitrogens with two attached hydrogens (primary N) is 1. The molecule has 7 N–H and O–H groups in total. The fourth-order valence-corrected chi connectivity index (χ4v) is 5.52. The molecular formula is C24H19N5O13S3. The van der Waals surface area contributed by atoms with Crippen LogP contribution in [0.25, 0.3) is 10.8 Å². The van der Waals surface area contributed by atoms with Crippen molar-refractivity contribution in [3.05, 3.63) is 60.2 Å². The van der Waals surface area contributed by atoms with Gasteiger partial charge in [-0.05, 0) is 48.5 Å². The molecule has 0 saturated carbocycles. The van der Waals surface area contributed by atoms with Crippen LogP contribution in [0, 0.1) is 0 Å². The fourth-order valence-electron chi connectivity index (χ4n) is 3.87. The zero-order valence-corrected chi connectivity index (χ0v) is 24.7. The smallest absolute Gasteiger partial charge is 0.338 e. The average molecular weight is 682 g/mol. The second-order valence-electron chi connectivity index (χ2n) is 8.81. The molecule has 18 nitrogen and oxygen atoms in total. The third kappa shape index (κ3) is 6.87. The third-order valence-corrected chi connectivity index (χ3v) is 8.54. The van der Waals surface area contributed by atoms with E-state index in [4.69, 9.17) is 10.5 Å². The molecule has 0 radical (unpaired) electrons. The number of hydrogen-bond donors (Lipinski definition) is 6. The molecule has 4 rings (SSSR count). The number of ether oxygens (including phenoxy) is 1. The number of methoxy groups -OCH3 is 1. The minimum atomic E-state index is -5.16. The predicted molar refractivity (Wildman–Crippen MR) is 154 cm³/mol. The van der Waals surface area contributed by atoms with Gasteiger partial charge in [0.2, 0.25) is 0 Å². The largest absolute Gasteiger partial charge is 0.505 e. The standard InChI is InChI=1S/C24H19N5O13S3/c1-42-19-9-12(44(36,37)38)3-7-18(19)27-29-22-20(45(39,40)41)10-14-13(23(22)30)4-5-16(25)21(14)28-26-17-6-2-11(43(33,34)35)8-15(17)24(31)32/h2-10,30H,25H2,1H3,(H,31,32)(H,33,34,35)(H,36,37,38)(H,39,40,41). The van der Waals surface area contributed by atoms with Crippen molar-refractivity contribution in [2.45, 2.75) is 14.7 Å². The van der Waals surface area contributed by atoms with Gasteiger partial charge in [0, 0.05) is 16.8 Å². The van der Waals surface area contributed by atoms with E-state index in [-0.39, 0.29) is 33.6 Å². The fraction of sp³-hybridized carbons (Fsp3) is 0.0417. The van der Waals surface area contributed by atoms with E-state index in [1.165, 1.54) is 12.1 Å². The molecular weight excluding hydrogens is 662 g/mol. The number of hydrogen-bond acceptors (Lipinski definition) is 14. The molecule has 0 aromatic heterocycles. The number of phenolic OH excluding ortho intramolecular Hbond substituents is 1. The summed E-state index contributed by atoms with van der Waals surface area (Å²) in [5.74, 6) is -2.70. The zero-order chi connectivity index (χ0) is 33.5. The molecule has 45 heavy (non-hydrogen) atoms. The Morgan fingerprint density at radius 3 is 1.82 bits per heavy atom. The maximum absolute atomic E-state index is 12.4. The lowest BCUT2D eigenvalue weighted by Gasteiger charge is -2.12. The maximum Gasteiger partial charge on any atom is 0.338 e. The molecule has 4 aromatic carbocycles. The number of nitrogen functional groups attached to an aromatic ring is 1. The summed E-state index contributed by atoms with van der Waals surface area (Å²) in [6.07, 6.45) is 0. The highest BCUT2D eigenvalue weighted by molar-refractivity contribution is 7.86. The summed E-state index contributed by atoms with van der Waals surface area (Å²) < 4.78 is 104. The van der Waals surface area contributed by atoms with Gasteiger partial charge in [-0.25, -0.2) is 4.79 Å². The van der Waals surface area contributed by atoms with Crippen molar-refractivity contribution in [1.82, 2.24) is 0 Å². The molecule has 0 heterocycles. The van der Waals surface area contributed by atoms with Crippen molar-refractivity contribution in [2.24, 2.45) is 20.5 Å². The summed E-state index contributed by atoms with van der Waals surface area (Å²) in [6, 6.07) is 8.59. The molecule has 0 aliphatic heterocycles. The van der Waals surface area contributed by atoms with E-state index in [0.717, 1.165) is 43.5 Å². The number of rotatable bonds is 9. The zero-order valence-electron chi connectivity index (χ0n) is 22.3. The van der Waals surface area contributed by atoms with Crippen LogP contribution in [0.2, 0.25) is 0 Å². The summed E-state index contributed by atoms with van der Waals surface area (Å²) in [7, 11) is -13.4. The van der Waals surface area contributed by atoms with Gasteiger partial charge in [0.05, 0.1) is 28.2 Å². The summed E-state index contributed by atoms with van der Waals surface area (Å²) >= 11 is 0. The molecule has 21 heteroatoms. The van der Waals surface area contributed by atoms with E-state index in [1.807, 2.05) is 0 Å². The number of aromatic hydroxyl groups is 1. The number of carbonyl (C=O) groups is 1. The second-order valence-corrected chi connectivity index (χ2v) is 13.0. The number of benzene rings is 4. The number of fused-ring (bicyclic) bond motifs is 1. The Morgan fingerprint density at radius 2 is 1.27 bits per heavy atom. The number of aromatic carboxylic acids is 1. The summed E-state index contributed by atoms with van der Waals surface area (Å²) in [6.45, 7) is 0. The van der Waals surface area contributed by atoms with Crippen LogP contribution in [0.15, 0.2) is 89.7 Å². The van der Waals surface area contributed by atoms with Gasteiger partial charge in [-0.3, -0.25) is 13.7 Å². The van der Waals surface area contributed by atoms with Crippen LogP contribution in [-0.2, 0) is 30.4 Å². The van der Waals surface area contributed by atoms with Gasteiger partial charge in [-0.2, -0.15) is 25.3 Å². The molecule has 4 aromatic rings. The highest BCUT2D eigenvalue weighted by Crippen LogP contribution is 2.46. The predicted octanol–water partition coefficient (Wildman–Crippen LogP) is 4.41. The van der Waals surface area contributed by atoms with E-state index >= 15 is 0 Å². The minimum Gasteiger partial charge on any atom is -0.505 e. The van der Waals surface area contributed by atoms with Gasteiger partial charge in [-0.15, -0.1) is 20.5 Å². The van der Waals surface area contributed by atoms with Crippen molar-refractivity contribution in [1.29, 1.82) is 0 Å². The monoisotopic (exact) mass is 681 g/mol. The van der Waals surface area contributed by atoms with E-state index in [0.29, 0.717) is 6.07 Å². The summed E-state index contributed by atoms with van der Waals surface area (Å²) in [4.78, 5) is 9.43. The molecule has 236 valence electrons. The van der Waals surface area contributed by atoms with Gasteiger partial charge in [0.1, 0.15) is 33.4 Å². The van der Waals surface area contributed by atoms with E-state index in [9.17, 15) is 53.9 Å². The Bertz CT molecular complexity index is 2290. The van der Waals surface area contributed by atoms with Crippen LogP contribution in [-0.4, -0.2) is 62.2 Å². The lowest BCUT2D eigenvalue weighted by atomic mass is 10.1. The number of carboxylic acid groups (broad SMARTS) is 1. The van der Waals surface area contributed by atoms with Crippen molar-refractivity contribution >= 4 is 75.5 Å². The molecule has 0 amide bonds. The van der Waals surface area contributed by atoms with Crippen molar-refractivity contribution in [3.8, 4) is 11.5 Å². The Hall–Kier alpha value is -5.06. The number of azo groups is 2. The summed E-state index contributed by atoms with van der Waals surface area (Å²) in [5, 5.41) is 35.3. The molecule has 0 aliphatic rings.